The van der Waals surface area contributed by atoms with Crippen molar-refractivity contribution in [2.45, 2.75) is 6.04 Å². The summed E-state index contributed by atoms with van der Waals surface area (Å²) in [6.07, 6.45) is 2.68. The van der Waals surface area contributed by atoms with Gasteiger partial charge in [-0.25, -0.2) is 4.79 Å². The van der Waals surface area contributed by atoms with Crippen LogP contribution in [-0.4, -0.2) is 57.9 Å². The highest BCUT2D eigenvalue weighted by atomic mass is 16.4. The second-order valence-corrected chi connectivity index (χ2v) is 7.32. The summed E-state index contributed by atoms with van der Waals surface area (Å²) in [6.45, 7) is 2.61. The molecule has 1 aliphatic rings. The molecule has 1 aliphatic heterocycles. The van der Waals surface area contributed by atoms with Crippen LogP contribution in [-0.2, 0) is 0 Å². The Balaban J connectivity index is 1.50. The lowest BCUT2D eigenvalue weighted by Crippen LogP contribution is -2.49. The van der Waals surface area contributed by atoms with E-state index in [0.717, 1.165) is 13.1 Å². The first-order chi connectivity index (χ1) is 14.6. The molecule has 0 aliphatic carbocycles. The van der Waals surface area contributed by atoms with Crippen molar-refractivity contribution >= 4 is 11.9 Å². The van der Waals surface area contributed by atoms with Crippen molar-refractivity contribution in [3.63, 3.8) is 0 Å². The van der Waals surface area contributed by atoms with Gasteiger partial charge in [0.05, 0.1) is 17.2 Å². The summed E-state index contributed by atoms with van der Waals surface area (Å²) in [7, 11) is 0. The van der Waals surface area contributed by atoms with E-state index in [2.05, 4.69) is 34.1 Å². The normalized spacial score (nSPS) is 14.6. The molecule has 3 aromatic rings. The van der Waals surface area contributed by atoms with Crippen LogP contribution in [0.4, 0.5) is 0 Å². The van der Waals surface area contributed by atoms with Gasteiger partial charge in [0.2, 0.25) is 0 Å². The Kier molecular flexibility index (Phi) is 5.86. The molecule has 1 aromatic heterocycles. The number of aromatic nitrogens is 1. The van der Waals surface area contributed by atoms with Crippen LogP contribution in [0.25, 0.3) is 0 Å². The predicted octanol–water partition coefficient (Wildman–Crippen LogP) is 3.33. The molecule has 6 heteroatoms. The number of benzene rings is 2. The first-order valence-corrected chi connectivity index (χ1v) is 9.95. The number of hydrogen-bond donors (Lipinski definition) is 1. The lowest BCUT2D eigenvalue weighted by atomic mass is 9.96. The van der Waals surface area contributed by atoms with Crippen LogP contribution in [0.1, 0.15) is 37.9 Å². The fourth-order valence-electron chi connectivity index (χ4n) is 3.92. The zero-order valence-corrected chi connectivity index (χ0v) is 16.5. The number of carbonyl (C=O) groups is 2. The third kappa shape index (κ3) is 4.23. The highest BCUT2D eigenvalue weighted by Gasteiger charge is 2.28. The van der Waals surface area contributed by atoms with Gasteiger partial charge in [0.1, 0.15) is 0 Å². The zero-order valence-electron chi connectivity index (χ0n) is 16.5. The van der Waals surface area contributed by atoms with Gasteiger partial charge >= 0.3 is 5.97 Å². The number of nitrogens with zero attached hydrogens (tertiary/aromatic N) is 3. The Morgan fingerprint density at radius 3 is 1.87 bits per heavy atom. The molecule has 0 bridgehead atoms. The Morgan fingerprint density at radius 2 is 1.33 bits per heavy atom. The molecule has 0 atom stereocenters. The average Bonchev–Trinajstić information content (AvgIpc) is 2.81. The molecule has 2 aromatic carbocycles. The number of amides is 1. The summed E-state index contributed by atoms with van der Waals surface area (Å²) in [5, 5.41) is 9.14. The number of carboxylic acids is 1. The van der Waals surface area contributed by atoms with E-state index in [4.69, 9.17) is 5.11 Å². The number of carbonyl (C=O) groups excluding carboxylic acids is 1. The van der Waals surface area contributed by atoms with Crippen LogP contribution in [0.15, 0.2) is 79.1 Å². The van der Waals surface area contributed by atoms with Crippen molar-refractivity contribution in [2.24, 2.45) is 0 Å². The number of rotatable bonds is 5. The van der Waals surface area contributed by atoms with Crippen molar-refractivity contribution in [1.29, 1.82) is 0 Å². The standard InChI is InChI=1S/C24H23N3O3/c28-23(20-15-21(24(29)30)17-25-16-20)27-13-11-26(12-14-27)22(18-7-3-1-4-8-18)19-9-5-2-6-10-19/h1-10,15-17,22H,11-14H2,(H,29,30). The molecule has 6 nitrogen and oxygen atoms in total. The van der Waals surface area contributed by atoms with Gasteiger partial charge in [0, 0.05) is 38.6 Å². The minimum Gasteiger partial charge on any atom is -0.478 e. The first-order valence-electron chi connectivity index (χ1n) is 9.95. The summed E-state index contributed by atoms with van der Waals surface area (Å²) < 4.78 is 0. The molecule has 152 valence electrons. The van der Waals surface area contributed by atoms with E-state index in [1.807, 2.05) is 36.4 Å². The first kappa shape index (κ1) is 19.8. The van der Waals surface area contributed by atoms with Crippen molar-refractivity contribution in [3.05, 3.63) is 101 Å². The highest BCUT2D eigenvalue weighted by molar-refractivity contribution is 5.97. The van der Waals surface area contributed by atoms with Crippen LogP contribution in [0, 0.1) is 0 Å². The lowest BCUT2D eigenvalue weighted by Gasteiger charge is -2.39. The monoisotopic (exact) mass is 401 g/mol. The SMILES string of the molecule is O=C(O)c1cncc(C(=O)N2CCN(C(c3ccccc3)c3ccccc3)CC2)c1. The Morgan fingerprint density at radius 1 is 0.800 bits per heavy atom. The van der Waals surface area contributed by atoms with E-state index >= 15 is 0 Å². The van der Waals surface area contributed by atoms with Gasteiger partial charge in [-0.2, -0.15) is 0 Å². The molecule has 1 saturated heterocycles. The predicted molar refractivity (Wildman–Crippen MR) is 113 cm³/mol. The summed E-state index contributed by atoms with van der Waals surface area (Å²) in [4.78, 5) is 32.1. The van der Waals surface area contributed by atoms with Gasteiger partial charge in [-0.1, -0.05) is 60.7 Å². The maximum atomic E-state index is 12.9. The molecule has 0 radical (unpaired) electrons. The van der Waals surface area contributed by atoms with Crippen molar-refractivity contribution in [2.75, 3.05) is 26.2 Å². The quantitative estimate of drug-likeness (QED) is 0.710. The molecule has 1 N–H and O–H groups in total. The van der Waals surface area contributed by atoms with Gasteiger partial charge in [0.15, 0.2) is 0 Å². The molecule has 1 amide bonds. The molecule has 4 rings (SSSR count). The fourth-order valence-corrected chi connectivity index (χ4v) is 3.92. The van der Waals surface area contributed by atoms with Gasteiger partial charge < -0.3 is 10.0 Å². The van der Waals surface area contributed by atoms with Crippen LogP contribution in [0.2, 0.25) is 0 Å². The lowest BCUT2D eigenvalue weighted by molar-refractivity contribution is 0.0597. The van der Waals surface area contributed by atoms with E-state index in [1.165, 1.54) is 29.6 Å². The van der Waals surface area contributed by atoms with Crippen molar-refractivity contribution in [3.8, 4) is 0 Å². The molecular weight excluding hydrogens is 378 g/mol. The van der Waals surface area contributed by atoms with Gasteiger partial charge in [0.25, 0.3) is 5.91 Å². The maximum absolute atomic E-state index is 12.9. The van der Waals surface area contributed by atoms with E-state index in [9.17, 15) is 9.59 Å². The summed E-state index contributed by atoms with van der Waals surface area (Å²) in [6, 6.07) is 22.3. The Bertz CT molecular complexity index is 977. The maximum Gasteiger partial charge on any atom is 0.337 e. The van der Waals surface area contributed by atoms with Crippen LogP contribution in [0.3, 0.4) is 0 Å². The minimum absolute atomic E-state index is 0.0210. The van der Waals surface area contributed by atoms with Gasteiger partial charge in [-0.3, -0.25) is 14.7 Å². The number of piperazine rings is 1. The smallest absolute Gasteiger partial charge is 0.337 e. The van der Waals surface area contributed by atoms with Crippen LogP contribution < -0.4 is 0 Å². The van der Waals surface area contributed by atoms with Gasteiger partial charge in [-0.15, -0.1) is 0 Å². The van der Waals surface area contributed by atoms with Crippen LogP contribution in [0.5, 0.6) is 0 Å². The number of pyridine rings is 1. The number of hydrogen-bond acceptors (Lipinski definition) is 4. The van der Waals surface area contributed by atoms with E-state index in [-0.39, 0.29) is 17.5 Å². The summed E-state index contributed by atoms with van der Waals surface area (Å²) in [5.74, 6) is -1.27. The third-order valence-electron chi connectivity index (χ3n) is 5.43. The summed E-state index contributed by atoms with van der Waals surface area (Å²) in [5.41, 5.74) is 2.78. The Labute approximate surface area is 175 Å². The van der Waals surface area contributed by atoms with E-state index in [1.54, 1.807) is 4.90 Å². The van der Waals surface area contributed by atoms with Crippen molar-refractivity contribution < 1.29 is 14.7 Å². The molecule has 0 saturated carbocycles. The fraction of sp³-hybridized carbons (Fsp3) is 0.208. The van der Waals surface area contributed by atoms with E-state index < -0.39 is 5.97 Å². The Hall–Kier alpha value is -3.51. The number of carboxylic acid groups (broad SMARTS) is 1. The second-order valence-electron chi connectivity index (χ2n) is 7.32. The third-order valence-corrected chi connectivity index (χ3v) is 5.43. The molecule has 0 spiro atoms. The minimum atomic E-state index is -1.09. The topological polar surface area (TPSA) is 73.7 Å². The second kappa shape index (κ2) is 8.88. The summed E-state index contributed by atoms with van der Waals surface area (Å²) >= 11 is 0. The van der Waals surface area contributed by atoms with Crippen LogP contribution >= 0.6 is 0 Å². The van der Waals surface area contributed by atoms with Gasteiger partial charge in [-0.05, 0) is 17.2 Å². The van der Waals surface area contributed by atoms with Crippen molar-refractivity contribution in [1.82, 2.24) is 14.8 Å². The highest BCUT2D eigenvalue weighted by Crippen LogP contribution is 2.29. The molecule has 30 heavy (non-hydrogen) atoms. The zero-order chi connectivity index (χ0) is 20.9. The molecule has 0 unspecified atom stereocenters. The van der Waals surface area contributed by atoms with E-state index in [0.29, 0.717) is 18.7 Å². The molecule has 1 fully saturated rings. The number of aromatic carboxylic acids is 1. The molecule has 2 heterocycles. The largest absolute Gasteiger partial charge is 0.478 e. The average molecular weight is 401 g/mol. The molecular formula is C24H23N3O3.